The first kappa shape index (κ1) is 12.9. The lowest BCUT2D eigenvalue weighted by molar-refractivity contribution is 0.589. The summed E-state index contributed by atoms with van der Waals surface area (Å²) < 4.78 is 2.18. The summed E-state index contributed by atoms with van der Waals surface area (Å²) in [7, 11) is 0. The Morgan fingerprint density at radius 1 is 1.19 bits per heavy atom. The normalized spacial score (nSPS) is 15.8. The van der Waals surface area contributed by atoms with Crippen molar-refractivity contribution in [2.75, 3.05) is 31.1 Å². The molecule has 3 aromatic rings. The average Bonchev–Trinajstić information content (AvgIpc) is 3.13. The van der Waals surface area contributed by atoms with E-state index < -0.39 is 0 Å². The molecule has 1 N–H and O–H groups in total. The van der Waals surface area contributed by atoms with E-state index in [1.807, 2.05) is 6.20 Å². The number of aryl methyl sites for hydroxylation is 1. The second-order valence-corrected chi connectivity index (χ2v) is 6.70. The zero-order valence-electron chi connectivity index (χ0n) is 12.0. The third-order valence-electron chi connectivity index (χ3n) is 3.96. The smallest absolute Gasteiger partial charge is 0.154 e. The van der Waals surface area contributed by atoms with Crippen LogP contribution in [0.2, 0.25) is 0 Å². The van der Waals surface area contributed by atoms with Crippen molar-refractivity contribution < 1.29 is 0 Å². The molecule has 1 aliphatic heterocycles. The van der Waals surface area contributed by atoms with Crippen LogP contribution in [0.1, 0.15) is 4.88 Å². The van der Waals surface area contributed by atoms with Gasteiger partial charge >= 0.3 is 0 Å². The van der Waals surface area contributed by atoms with Crippen molar-refractivity contribution in [2.24, 2.45) is 0 Å². The zero-order chi connectivity index (χ0) is 14.2. The molecule has 108 valence electrons. The Kier molecular flexibility index (Phi) is 3.16. The highest BCUT2D eigenvalue weighted by atomic mass is 32.1. The zero-order valence-corrected chi connectivity index (χ0v) is 12.9. The number of fused-ring (bicyclic) bond motifs is 1. The maximum atomic E-state index is 4.61. The molecule has 1 saturated heterocycles. The molecule has 4 rings (SSSR count). The monoisotopic (exact) mass is 298 g/mol. The summed E-state index contributed by atoms with van der Waals surface area (Å²) in [4.78, 5) is 9.58. The van der Waals surface area contributed by atoms with Crippen molar-refractivity contribution in [1.29, 1.82) is 0 Å². The Bertz CT molecular complexity index is 768. The number of thiophene rings is 1. The Morgan fingerprint density at radius 2 is 2.05 bits per heavy atom. The van der Waals surface area contributed by atoms with Crippen molar-refractivity contribution >= 4 is 22.5 Å². The van der Waals surface area contributed by atoms with E-state index in [1.165, 1.54) is 15.4 Å². The molecule has 1 aliphatic rings. The molecule has 0 aromatic carbocycles. The van der Waals surface area contributed by atoms with Gasteiger partial charge in [-0.3, -0.25) is 4.40 Å². The maximum absolute atomic E-state index is 4.61. The van der Waals surface area contributed by atoms with Gasteiger partial charge in [0.05, 0.1) is 16.6 Å². The van der Waals surface area contributed by atoms with Gasteiger partial charge in [-0.1, -0.05) is 0 Å². The molecule has 3 aromatic heterocycles. The molecule has 0 bridgehead atoms. The lowest BCUT2D eigenvalue weighted by Crippen LogP contribution is -2.43. The van der Waals surface area contributed by atoms with Crippen LogP contribution in [0.3, 0.4) is 0 Å². The van der Waals surface area contributed by atoms with E-state index in [2.05, 4.69) is 57.0 Å². The largest absolute Gasteiger partial charge is 0.369 e. The van der Waals surface area contributed by atoms with E-state index in [4.69, 9.17) is 0 Å². The summed E-state index contributed by atoms with van der Waals surface area (Å²) >= 11 is 1.79. The van der Waals surface area contributed by atoms with E-state index in [1.54, 1.807) is 11.3 Å². The van der Waals surface area contributed by atoms with Gasteiger partial charge in [0.25, 0.3) is 0 Å². The molecule has 4 nitrogen and oxygen atoms in total. The number of hydrogen-bond donors (Lipinski definition) is 1. The molecule has 0 unspecified atom stereocenters. The van der Waals surface area contributed by atoms with Gasteiger partial charge in [-0.2, -0.15) is 0 Å². The highest BCUT2D eigenvalue weighted by molar-refractivity contribution is 7.15. The van der Waals surface area contributed by atoms with E-state index in [0.29, 0.717) is 0 Å². The molecule has 5 heteroatoms. The Morgan fingerprint density at radius 3 is 2.81 bits per heavy atom. The lowest BCUT2D eigenvalue weighted by atomic mass is 10.3. The van der Waals surface area contributed by atoms with Crippen LogP contribution in [-0.2, 0) is 0 Å². The fourth-order valence-corrected chi connectivity index (χ4v) is 3.71. The van der Waals surface area contributed by atoms with Gasteiger partial charge in [-0.15, -0.1) is 11.3 Å². The topological polar surface area (TPSA) is 32.6 Å². The van der Waals surface area contributed by atoms with Crippen LogP contribution in [0.25, 0.3) is 16.2 Å². The van der Waals surface area contributed by atoms with Crippen LogP contribution in [-0.4, -0.2) is 35.6 Å². The van der Waals surface area contributed by atoms with Gasteiger partial charge in [0.2, 0.25) is 0 Å². The number of nitrogens with one attached hydrogen (secondary N) is 1. The number of nitrogens with zero attached hydrogens (tertiary/aromatic N) is 3. The molecule has 0 aliphatic carbocycles. The number of rotatable bonds is 2. The van der Waals surface area contributed by atoms with Crippen molar-refractivity contribution in [1.82, 2.24) is 14.7 Å². The molecule has 0 atom stereocenters. The van der Waals surface area contributed by atoms with Gasteiger partial charge < -0.3 is 10.2 Å². The third kappa shape index (κ3) is 2.32. The number of hydrogen-bond acceptors (Lipinski definition) is 4. The van der Waals surface area contributed by atoms with E-state index in [9.17, 15) is 0 Å². The first-order valence-electron chi connectivity index (χ1n) is 7.31. The highest BCUT2D eigenvalue weighted by Gasteiger charge is 2.13. The van der Waals surface area contributed by atoms with E-state index in [-0.39, 0.29) is 0 Å². The van der Waals surface area contributed by atoms with Crippen LogP contribution in [0.4, 0.5) is 5.69 Å². The molecular formula is C16H18N4S. The quantitative estimate of drug-likeness (QED) is 0.789. The molecule has 0 saturated carbocycles. The Labute approximate surface area is 128 Å². The fraction of sp³-hybridized carbons (Fsp3) is 0.312. The highest BCUT2D eigenvalue weighted by Crippen LogP contribution is 2.28. The number of anilines is 1. The maximum Gasteiger partial charge on any atom is 0.154 e. The predicted molar refractivity (Wildman–Crippen MR) is 88.3 cm³/mol. The summed E-state index contributed by atoms with van der Waals surface area (Å²) in [5.41, 5.74) is 2.45. The van der Waals surface area contributed by atoms with Gasteiger partial charge in [0.1, 0.15) is 0 Å². The van der Waals surface area contributed by atoms with Crippen LogP contribution in [0.5, 0.6) is 0 Å². The van der Waals surface area contributed by atoms with Gasteiger partial charge in [-0.25, -0.2) is 4.98 Å². The molecule has 0 spiro atoms. The van der Waals surface area contributed by atoms with Crippen molar-refractivity contribution in [3.05, 3.63) is 41.5 Å². The first-order valence-corrected chi connectivity index (χ1v) is 8.12. The van der Waals surface area contributed by atoms with E-state index in [0.717, 1.165) is 37.5 Å². The second kappa shape index (κ2) is 5.16. The van der Waals surface area contributed by atoms with Crippen molar-refractivity contribution in [3.8, 4) is 10.7 Å². The lowest BCUT2D eigenvalue weighted by Gasteiger charge is -2.29. The molecular weight excluding hydrogens is 280 g/mol. The van der Waals surface area contributed by atoms with Crippen LogP contribution >= 0.6 is 11.3 Å². The summed E-state index contributed by atoms with van der Waals surface area (Å²) in [6.45, 7) is 6.39. The standard InChI is InChI=1S/C16H18N4S/c1-12-2-3-15(21-12)16-18-11-14-10-13(4-7-20(14)16)19-8-5-17-6-9-19/h2-4,7,10-11,17H,5-6,8-9H2,1H3. The average molecular weight is 298 g/mol. The molecule has 1 fully saturated rings. The minimum atomic E-state index is 1.04. The third-order valence-corrected chi connectivity index (χ3v) is 4.96. The summed E-state index contributed by atoms with van der Waals surface area (Å²) in [6.07, 6.45) is 4.11. The molecule has 21 heavy (non-hydrogen) atoms. The van der Waals surface area contributed by atoms with Crippen molar-refractivity contribution in [2.45, 2.75) is 6.92 Å². The Hall–Kier alpha value is -1.85. The fourth-order valence-electron chi connectivity index (χ4n) is 2.84. The van der Waals surface area contributed by atoms with Crippen LogP contribution < -0.4 is 10.2 Å². The van der Waals surface area contributed by atoms with Gasteiger partial charge in [0, 0.05) is 42.9 Å². The molecule has 4 heterocycles. The van der Waals surface area contributed by atoms with E-state index >= 15 is 0 Å². The summed E-state index contributed by atoms with van der Waals surface area (Å²) in [5, 5.41) is 3.39. The summed E-state index contributed by atoms with van der Waals surface area (Å²) in [5.74, 6) is 1.04. The molecule has 0 amide bonds. The number of piperazine rings is 1. The van der Waals surface area contributed by atoms with Gasteiger partial charge in [0.15, 0.2) is 5.82 Å². The first-order chi connectivity index (χ1) is 10.3. The second-order valence-electron chi connectivity index (χ2n) is 5.41. The van der Waals surface area contributed by atoms with Gasteiger partial charge in [-0.05, 0) is 31.2 Å². The van der Waals surface area contributed by atoms with Crippen molar-refractivity contribution in [3.63, 3.8) is 0 Å². The number of imidazole rings is 1. The molecule has 0 radical (unpaired) electrons. The number of aromatic nitrogens is 2. The minimum Gasteiger partial charge on any atom is -0.369 e. The minimum absolute atomic E-state index is 1.04. The van der Waals surface area contributed by atoms with Crippen LogP contribution in [0, 0.1) is 6.92 Å². The Balaban J connectivity index is 1.73. The van der Waals surface area contributed by atoms with Crippen LogP contribution in [0.15, 0.2) is 36.7 Å². The number of pyridine rings is 1. The SMILES string of the molecule is Cc1ccc(-c2ncc3cc(N4CCNCC4)ccn23)s1. The summed E-state index contributed by atoms with van der Waals surface area (Å²) in [6, 6.07) is 8.74. The predicted octanol–water partition coefficient (Wildman–Crippen LogP) is 2.78.